The Hall–Kier alpha value is -3.48. The Bertz CT molecular complexity index is 1220. The van der Waals surface area contributed by atoms with Crippen molar-refractivity contribution in [2.24, 2.45) is 0 Å². The molecule has 1 aromatic carbocycles. The van der Waals surface area contributed by atoms with Crippen molar-refractivity contribution in [2.45, 2.75) is 17.6 Å². The molecule has 0 aliphatic heterocycles. The van der Waals surface area contributed by atoms with E-state index in [4.69, 9.17) is 4.42 Å². The van der Waals surface area contributed by atoms with Crippen LogP contribution in [-0.2, 0) is 11.3 Å². The monoisotopic (exact) mass is 447 g/mol. The van der Waals surface area contributed by atoms with Crippen LogP contribution in [0, 0.1) is 11.3 Å². The molecule has 7 nitrogen and oxygen atoms in total. The molecule has 4 aromatic rings. The Labute approximate surface area is 187 Å². The van der Waals surface area contributed by atoms with E-state index in [0.717, 1.165) is 11.3 Å². The van der Waals surface area contributed by atoms with Gasteiger partial charge in [0.15, 0.2) is 22.6 Å². The number of rotatable bonds is 9. The van der Waals surface area contributed by atoms with E-state index in [9.17, 15) is 10.1 Å². The molecule has 0 saturated carbocycles. The number of furan rings is 1. The van der Waals surface area contributed by atoms with Crippen LogP contribution >= 0.6 is 23.1 Å². The van der Waals surface area contributed by atoms with Crippen LogP contribution in [0.2, 0.25) is 0 Å². The highest BCUT2D eigenvalue weighted by atomic mass is 32.2. The van der Waals surface area contributed by atoms with Crippen molar-refractivity contribution in [1.82, 2.24) is 19.7 Å². The summed E-state index contributed by atoms with van der Waals surface area (Å²) in [7, 11) is 0. The van der Waals surface area contributed by atoms with Crippen molar-refractivity contribution in [3.05, 3.63) is 71.8 Å². The molecule has 0 saturated heterocycles. The molecule has 9 heteroatoms. The second-order valence-corrected chi connectivity index (χ2v) is 8.27. The van der Waals surface area contributed by atoms with Crippen LogP contribution in [0.4, 0.5) is 0 Å². The summed E-state index contributed by atoms with van der Waals surface area (Å²) in [6, 6.07) is 15.3. The Kier molecular flexibility index (Phi) is 6.40. The quantitative estimate of drug-likeness (QED) is 0.268. The molecule has 154 valence electrons. The summed E-state index contributed by atoms with van der Waals surface area (Å²) in [5.41, 5.74) is 1.71. The molecular formula is C22H17N5O2S2. The minimum Gasteiger partial charge on any atom is -0.461 e. The average Bonchev–Trinajstić information content (AvgIpc) is 3.55. The number of thioether (sulfide) groups is 1. The van der Waals surface area contributed by atoms with Crippen molar-refractivity contribution in [1.29, 1.82) is 5.26 Å². The number of hydrogen-bond donors (Lipinski definition) is 0. The number of carbonyl (C=O) groups excluding carboxylic acids is 1. The number of thiazole rings is 1. The third-order valence-electron chi connectivity index (χ3n) is 4.40. The summed E-state index contributed by atoms with van der Waals surface area (Å²) in [4.78, 5) is 17.3. The van der Waals surface area contributed by atoms with E-state index in [1.807, 2.05) is 40.3 Å². The molecule has 0 aliphatic rings. The van der Waals surface area contributed by atoms with Gasteiger partial charge in [-0.1, -0.05) is 48.2 Å². The maximum absolute atomic E-state index is 12.8. The number of aromatic nitrogens is 4. The molecule has 1 unspecified atom stereocenters. The van der Waals surface area contributed by atoms with Gasteiger partial charge in [0.1, 0.15) is 5.01 Å². The van der Waals surface area contributed by atoms with E-state index in [1.54, 1.807) is 24.5 Å². The fourth-order valence-electron chi connectivity index (χ4n) is 2.92. The third kappa shape index (κ3) is 4.50. The molecule has 0 amide bonds. The van der Waals surface area contributed by atoms with Gasteiger partial charge in [-0.25, -0.2) is 4.98 Å². The largest absolute Gasteiger partial charge is 0.461 e. The van der Waals surface area contributed by atoms with Crippen LogP contribution in [0.5, 0.6) is 0 Å². The predicted molar refractivity (Wildman–Crippen MR) is 120 cm³/mol. The standard InChI is InChI=1S/C22H17N5O2S2/c1-2-10-27-20(19-9-6-11-29-19)25-26-22(27)31-14-18(28)16(12-23)21-24-17(13-30-21)15-7-4-3-5-8-15/h2-9,11,13,16H,1,10,14H2. The molecule has 0 fully saturated rings. The molecule has 31 heavy (non-hydrogen) atoms. The number of allylic oxidation sites excluding steroid dienone is 1. The van der Waals surface area contributed by atoms with Gasteiger partial charge in [0, 0.05) is 17.5 Å². The van der Waals surface area contributed by atoms with Crippen LogP contribution < -0.4 is 0 Å². The minimum atomic E-state index is -0.921. The molecule has 3 aromatic heterocycles. The van der Waals surface area contributed by atoms with Gasteiger partial charge in [-0.3, -0.25) is 9.36 Å². The second-order valence-electron chi connectivity index (χ2n) is 6.44. The van der Waals surface area contributed by atoms with E-state index in [1.165, 1.54) is 23.1 Å². The molecule has 0 aliphatic carbocycles. The lowest BCUT2D eigenvalue weighted by Crippen LogP contribution is -2.14. The molecule has 1 atom stereocenters. The zero-order valence-electron chi connectivity index (χ0n) is 16.3. The Morgan fingerprint density at radius 3 is 2.84 bits per heavy atom. The topological polar surface area (TPSA) is 97.6 Å². The van der Waals surface area contributed by atoms with Gasteiger partial charge in [-0.2, -0.15) is 5.26 Å². The predicted octanol–water partition coefficient (Wildman–Crippen LogP) is 4.82. The number of nitrogens with zero attached hydrogens (tertiary/aromatic N) is 5. The number of nitriles is 1. The fraction of sp³-hybridized carbons (Fsp3) is 0.136. The van der Waals surface area contributed by atoms with Gasteiger partial charge in [0.25, 0.3) is 0 Å². The maximum atomic E-state index is 12.8. The zero-order chi connectivity index (χ0) is 21.6. The van der Waals surface area contributed by atoms with Crippen LogP contribution in [0.25, 0.3) is 22.8 Å². The van der Waals surface area contributed by atoms with Crippen molar-refractivity contribution >= 4 is 28.9 Å². The number of benzene rings is 1. The first-order valence-corrected chi connectivity index (χ1v) is 11.2. The summed E-state index contributed by atoms with van der Waals surface area (Å²) in [5, 5.41) is 20.9. The van der Waals surface area contributed by atoms with Gasteiger partial charge in [0.05, 0.1) is 23.8 Å². The van der Waals surface area contributed by atoms with E-state index in [2.05, 4.69) is 27.8 Å². The molecular weight excluding hydrogens is 430 g/mol. The first kappa shape index (κ1) is 20.8. The number of ketones is 1. The van der Waals surface area contributed by atoms with Crippen LogP contribution in [-0.4, -0.2) is 31.3 Å². The van der Waals surface area contributed by atoms with Crippen molar-refractivity contribution in [3.8, 4) is 28.9 Å². The van der Waals surface area contributed by atoms with E-state index < -0.39 is 5.92 Å². The highest BCUT2D eigenvalue weighted by Gasteiger charge is 2.25. The first-order valence-electron chi connectivity index (χ1n) is 9.35. The molecule has 0 N–H and O–H groups in total. The van der Waals surface area contributed by atoms with Gasteiger partial charge < -0.3 is 4.42 Å². The highest BCUT2D eigenvalue weighted by molar-refractivity contribution is 7.99. The number of carbonyl (C=O) groups is 1. The SMILES string of the molecule is C=CCn1c(SCC(=O)C(C#N)c2nc(-c3ccccc3)cs2)nnc1-c1ccco1. The van der Waals surface area contributed by atoms with Crippen molar-refractivity contribution in [3.63, 3.8) is 0 Å². The van der Waals surface area contributed by atoms with Crippen LogP contribution in [0.3, 0.4) is 0 Å². The average molecular weight is 448 g/mol. The third-order valence-corrected chi connectivity index (χ3v) is 6.30. The summed E-state index contributed by atoms with van der Waals surface area (Å²) in [6.45, 7) is 4.24. The smallest absolute Gasteiger partial charge is 0.200 e. The summed E-state index contributed by atoms with van der Waals surface area (Å²) in [5.74, 6) is 0.0681. The van der Waals surface area contributed by atoms with Gasteiger partial charge in [-0.05, 0) is 12.1 Å². The summed E-state index contributed by atoms with van der Waals surface area (Å²) >= 11 is 2.55. The molecule has 4 rings (SSSR count). The maximum Gasteiger partial charge on any atom is 0.200 e. The highest BCUT2D eigenvalue weighted by Crippen LogP contribution is 2.29. The van der Waals surface area contributed by atoms with Gasteiger partial charge >= 0.3 is 0 Å². The van der Waals surface area contributed by atoms with Crippen molar-refractivity contribution in [2.75, 3.05) is 5.75 Å². The molecule has 0 spiro atoms. The minimum absolute atomic E-state index is 0.0753. The van der Waals surface area contributed by atoms with Gasteiger partial charge in [0.2, 0.25) is 5.82 Å². The number of Topliss-reactive ketones (excluding diaryl/α,β-unsaturated/α-hetero) is 1. The number of hydrogen-bond acceptors (Lipinski definition) is 8. The Morgan fingerprint density at radius 2 is 2.13 bits per heavy atom. The second kappa shape index (κ2) is 9.55. The van der Waals surface area contributed by atoms with E-state index >= 15 is 0 Å². The summed E-state index contributed by atoms with van der Waals surface area (Å²) < 4.78 is 7.24. The normalized spacial score (nSPS) is 11.7. The first-order chi connectivity index (χ1) is 15.2. The lowest BCUT2D eigenvalue weighted by Gasteiger charge is -2.07. The fourth-order valence-corrected chi connectivity index (χ4v) is 4.67. The van der Waals surface area contributed by atoms with Crippen LogP contribution in [0.15, 0.2) is 76.3 Å². The van der Waals surface area contributed by atoms with Crippen LogP contribution in [0.1, 0.15) is 10.9 Å². The van der Waals surface area contributed by atoms with Gasteiger partial charge in [-0.15, -0.1) is 28.1 Å². The Balaban J connectivity index is 1.49. The Morgan fingerprint density at radius 1 is 1.29 bits per heavy atom. The lowest BCUT2D eigenvalue weighted by atomic mass is 10.1. The van der Waals surface area contributed by atoms with Crippen molar-refractivity contribution < 1.29 is 9.21 Å². The molecule has 0 radical (unpaired) electrons. The zero-order valence-corrected chi connectivity index (χ0v) is 18.0. The summed E-state index contributed by atoms with van der Waals surface area (Å²) in [6.07, 6.45) is 3.29. The lowest BCUT2D eigenvalue weighted by molar-refractivity contribution is -0.116. The van der Waals surface area contributed by atoms with E-state index in [-0.39, 0.29) is 11.5 Å². The van der Waals surface area contributed by atoms with E-state index in [0.29, 0.717) is 28.3 Å². The molecule has 3 heterocycles. The molecule has 0 bridgehead atoms.